The molecule has 25 heavy (non-hydrogen) atoms. The maximum atomic E-state index is 12.4. The minimum atomic E-state index is -1.02. The standard InChI is InChI=1S/C18H26N2O5/c1-4-12(5-2)19-15(21)10-25-18(24)11(3)20-16(22)13-8-6-7-9-14(13)17(20)23/h6-7,11-14H,4-5,8-10H2,1-3H3,(H,19,21)/t11-,13-,14+/m0/s1. The van der Waals surface area contributed by atoms with Gasteiger partial charge in [-0.15, -0.1) is 0 Å². The molecule has 1 saturated heterocycles. The van der Waals surface area contributed by atoms with Crippen LogP contribution in [0.5, 0.6) is 0 Å². The molecular weight excluding hydrogens is 324 g/mol. The van der Waals surface area contributed by atoms with E-state index in [9.17, 15) is 19.2 Å². The molecule has 3 atom stereocenters. The lowest BCUT2D eigenvalue weighted by Gasteiger charge is -2.22. The third kappa shape index (κ3) is 4.08. The molecule has 0 unspecified atom stereocenters. The highest BCUT2D eigenvalue weighted by Crippen LogP contribution is 2.36. The summed E-state index contributed by atoms with van der Waals surface area (Å²) in [5.74, 6) is -2.55. The van der Waals surface area contributed by atoms with Crippen LogP contribution in [0.15, 0.2) is 12.2 Å². The predicted molar refractivity (Wildman–Crippen MR) is 90.1 cm³/mol. The van der Waals surface area contributed by atoms with Gasteiger partial charge in [-0.3, -0.25) is 19.3 Å². The van der Waals surface area contributed by atoms with Gasteiger partial charge in [-0.05, 0) is 32.6 Å². The van der Waals surface area contributed by atoms with Gasteiger partial charge in [-0.2, -0.15) is 0 Å². The Hall–Kier alpha value is -2.18. The Morgan fingerprint density at radius 2 is 1.68 bits per heavy atom. The summed E-state index contributed by atoms with van der Waals surface area (Å²) in [6.45, 7) is 4.97. The lowest BCUT2D eigenvalue weighted by molar-refractivity contribution is -0.159. The third-order valence-electron chi connectivity index (χ3n) is 4.97. The van der Waals surface area contributed by atoms with Crippen LogP contribution in [0, 0.1) is 11.8 Å². The Labute approximate surface area is 147 Å². The molecule has 3 amide bonds. The monoisotopic (exact) mass is 350 g/mol. The summed E-state index contributed by atoms with van der Waals surface area (Å²) in [4.78, 5) is 49.9. The highest BCUT2D eigenvalue weighted by molar-refractivity contribution is 6.08. The normalized spacial score (nSPS) is 23.6. The molecular formula is C18H26N2O5. The molecule has 1 fully saturated rings. The molecule has 0 aromatic carbocycles. The van der Waals surface area contributed by atoms with Crippen molar-refractivity contribution in [2.45, 2.75) is 58.5 Å². The highest BCUT2D eigenvalue weighted by Gasteiger charge is 2.50. The van der Waals surface area contributed by atoms with Gasteiger partial charge < -0.3 is 10.1 Å². The maximum Gasteiger partial charge on any atom is 0.329 e. The summed E-state index contributed by atoms with van der Waals surface area (Å²) in [6.07, 6.45) is 6.40. The van der Waals surface area contributed by atoms with Crippen molar-refractivity contribution in [2.75, 3.05) is 6.61 Å². The van der Waals surface area contributed by atoms with Crippen LogP contribution in [0.2, 0.25) is 0 Å². The van der Waals surface area contributed by atoms with Crippen LogP contribution in [0.25, 0.3) is 0 Å². The van der Waals surface area contributed by atoms with Crippen molar-refractivity contribution < 1.29 is 23.9 Å². The number of hydrogen-bond acceptors (Lipinski definition) is 5. The van der Waals surface area contributed by atoms with Crippen LogP contribution in [0.3, 0.4) is 0 Å². The van der Waals surface area contributed by atoms with Crippen LogP contribution >= 0.6 is 0 Å². The molecule has 138 valence electrons. The Bertz CT molecular complexity index is 556. The second kappa shape index (κ2) is 8.27. The lowest BCUT2D eigenvalue weighted by atomic mass is 9.85. The zero-order valence-corrected chi connectivity index (χ0v) is 15.0. The average Bonchev–Trinajstić information content (AvgIpc) is 2.88. The second-order valence-corrected chi connectivity index (χ2v) is 6.57. The lowest BCUT2D eigenvalue weighted by Crippen LogP contribution is -2.45. The Balaban J connectivity index is 1.91. The van der Waals surface area contributed by atoms with Gasteiger partial charge in [0.15, 0.2) is 6.61 Å². The van der Waals surface area contributed by atoms with Crippen molar-refractivity contribution in [2.24, 2.45) is 11.8 Å². The molecule has 7 heteroatoms. The molecule has 2 aliphatic rings. The molecule has 0 bridgehead atoms. The first kappa shape index (κ1) is 19.1. The van der Waals surface area contributed by atoms with Gasteiger partial charge in [-0.1, -0.05) is 26.0 Å². The number of hydrogen-bond donors (Lipinski definition) is 1. The number of amides is 3. The Morgan fingerprint density at radius 3 is 2.16 bits per heavy atom. The topological polar surface area (TPSA) is 92.8 Å². The van der Waals surface area contributed by atoms with E-state index in [4.69, 9.17) is 4.74 Å². The van der Waals surface area contributed by atoms with E-state index < -0.39 is 18.6 Å². The quantitative estimate of drug-likeness (QED) is 0.423. The highest BCUT2D eigenvalue weighted by atomic mass is 16.5. The SMILES string of the molecule is CCC(CC)NC(=O)COC(=O)[C@H](C)N1C(=O)[C@H]2CC=CC[C@H]2C1=O. The number of ether oxygens (including phenoxy) is 1. The van der Waals surface area contributed by atoms with Crippen LogP contribution in [-0.2, 0) is 23.9 Å². The van der Waals surface area contributed by atoms with Crippen molar-refractivity contribution in [1.29, 1.82) is 0 Å². The summed E-state index contributed by atoms with van der Waals surface area (Å²) >= 11 is 0. The fourth-order valence-electron chi connectivity index (χ4n) is 3.33. The van der Waals surface area contributed by atoms with E-state index in [0.717, 1.165) is 17.7 Å². The minimum Gasteiger partial charge on any atom is -0.454 e. The molecule has 1 N–H and O–H groups in total. The Kier molecular flexibility index (Phi) is 6.33. The smallest absolute Gasteiger partial charge is 0.329 e. The van der Waals surface area contributed by atoms with Crippen LogP contribution in [0.4, 0.5) is 0 Å². The molecule has 2 rings (SSSR count). The molecule has 0 spiro atoms. The Morgan fingerprint density at radius 1 is 1.16 bits per heavy atom. The molecule has 0 aromatic heterocycles. The van der Waals surface area contributed by atoms with E-state index in [0.29, 0.717) is 12.8 Å². The van der Waals surface area contributed by atoms with Crippen molar-refractivity contribution in [3.8, 4) is 0 Å². The van der Waals surface area contributed by atoms with Crippen LogP contribution < -0.4 is 5.32 Å². The molecule has 1 heterocycles. The number of carbonyl (C=O) groups is 4. The molecule has 0 saturated carbocycles. The van der Waals surface area contributed by atoms with Gasteiger partial charge >= 0.3 is 5.97 Å². The summed E-state index contributed by atoms with van der Waals surface area (Å²) in [5, 5.41) is 2.77. The average molecular weight is 350 g/mol. The van der Waals surface area contributed by atoms with Gasteiger partial charge in [0.1, 0.15) is 6.04 Å². The van der Waals surface area contributed by atoms with Crippen molar-refractivity contribution in [3.05, 3.63) is 12.2 Å². The van der Waals surface area contributed by atoms with Gasteiger partial charge in [0.25, 0.3) is 5.91 Å². The van der Waals surface area contributed by atoms with E-state index in [-0.39, 0.29) is 35.6 Å². The first-order valence-corrected chi connectivity index (χ1v) is 8.88. The zero-order valence-electron chi connectivity index (χ0n) is 15.0. The van der Waals surface area contributed by atoms with Gasteiger partial charge in [0, 0.05) is 6.04 Å². The molecule has 0 radical (unpaired) electrons. The van der Waals surface area contributed by atoms with Gasteiger partial charge in [-0.25, -0.2) is 4.79 Å². The van der Waals surface area contributed by atoms with E-state index in [1.807, 2.05) is 26.0 Å². The largest absolute Gasteiger partial charge is 0.454 e. The maximum absolute atomic E-state index is 12.4. The van der Waals surface area contributed by atoms with Crippen molar-refractivity contribution in [3.63, 3.8) is 0 Å². The van der Waals surface area contributed by atoms with Gasteiger partial charge in [0.05, 0.1) is 11.8 Å². The first-order chi connectivity index (χ1) is 11.9. The number of rotatable bonds is 7. The number of nitrogens with one attached hydrogen (secondary N) is 1. The number of allylic oxidation sites excluding steroid dienone is 2. The zero-order chi connectivity index (χ0) is 18.6. The summed E-state index contributed by atoms with van der Waals surface area (Å²) in [7, 11) is 0. The number of likely N-dealkylation sites (tertiary alicyclic amines) is 1. The number of imide groups is 1. The van der Waals surface area contributed by atoms with Crippen LogP contribution in [0.1, 0.15) is 46.5 Å². The summed E-state index contributed by atoms with van der Waals surface area (Å²) < 4.78 is 5.01. The molecule has 7 nitrogen and oxygen atoms in total. The van der Waals surface area contributed by atoms with E-state index >= 15 is 0 Å². The number of carbonyl (C=O) groups excluding carboxylic acids is 4. The number of fused-ring (bicyclic) bond motifs is 1. The fourth-order valence-corrected chi connectivity index (χ4v) is 3.33. The summed E-state index contributed by atoms with van der Waals surface area (Å²) in [5.41, 5.74) is 0. The predicted octanol–water partition coefficient (Wildman–Crippen LogP) is 1.17. The number of esters is 1. The van der Waals surface area contributed by atoms with E-state index in [2.05, 4.69) is 5.32 Å². The van der Waals surface area contributed by atoms with Crippen molar-refractivity contribution >= 4 is 23.7 Å². The van der Waals surface area contributed by atoms with E-state index in [1.54, 1.807) is 0 Å². The van der Waals surface area contributed by atoms with Gasteiger partial charge in [0.2, 0.25) is 11.8 Å². The minimum absolute atomic E-state index is 0.0426. The number of nitrogens with zero attached hydrogens (tertiary/aromatic N) is 1. The van der Waals surface area contributed by atoms with Crippen molar-refractivity contribution in [1.82, 2.24) is 10.2 Å². The molecule has 0 aromatic rings. The fraction of sp³-hybridized carbons (Fsp3) is 0.667. The third-order valence-corrected chi connectivity index (χ3v) is 4.97. The molecule has 1 aliphatic carbocycles. The first-order valence-electron chi connectivity index (χ1n) is 8.88. The van der Waals surface area contributed by atoms with Crippen LogP contribution in [-0.4, -0.2) is 47.3 Å². The molecule has 1 aliphatic heterocycles. The summed E-state index contributed by atoms with van der Waals surface area (Å²) in [6, 6.07) is -0.979. The second-order valence-electron chi connectivity index (χ2n) is 6.57. The van der Waals surface area contributed by atoms with E-state index in [1.165, 1.54) is 6.92 Å².